The first kappa shape index (κ1) is 13.6. The average Bonchev–Trinajstić information content (AvgIpc) is 2.38. The Morgan fingerprint density at radius 1 is 1.32 bits per heavy atom. The van der Waals surface area contributed by atoms with Crippen molar-refractivity contribution in [3.05, 3.63) is 23.4 Å². The molecule has 0 bridgehead atoms. The molecule has 1 aliphatic heterocycles. The van der Waals surface area contributed by atoms with Crippen LogP contribution in [0.1, 0.15) is 11.3 Å². The number of anilines is 1. The number of nitrogens with one attached hydrogen (secondary N) is 2. The van der Waals surface area contributed by atoms with Crippen LogP contribution < -0.4 is 14.8 Å². The molecule has 0 aromatic carbocycles. The molecule has 0 atom stereocenters. The molecule has 2 heterocycles. The average molecular weight is 272 g/mol. The summed E-state index contributed by atoms with van der Waals surface area (Å²) < 4.78 is 38.1. The molecule has 102 valence electrons. The lowest BCUT2D eigenvalue weighted by Gasteiger charge is -2.26. The Morgan fingerprint density at radius 2 is 1.95 bits per heavy atom. The van der Waals surface area contributed by atoms with Crippen molar-refractivity contribution in [3.8, 4) is 6.07 Å². The molecule has 1 aliphatic rings. The molecule has 0 amide bonds. The zero-order valence-corrected chi connectivity index (χ0v) is 10.5. The highest BCUT2D eigenvalue weighted by molar-refractivity contribution is 5.50. The number of hydrogen-bond donors (Lipinski definition) is 1. The topological polar surface area (TPSA) is 45.6 Å². The van der Waals surface area contributed by atoms with Gasteiger partial charge in [0.2, 0.25) is 5.69 Å². The summed E-state index contributed by atoms with van der Waals surface area (Å²) in [4.78, 5) is 5.50. The van der Waals surface area contributed by atoms with Gasteiger partial charge in [0.15, 0.2) is 0 Å². The molecular weight excluding hydrogens is 257 g/mol. The van der Waals surface area contributed by atoms with E-state index in [0.29, 0.717) is 13.1 Å². The quantitative estimate of drug-likeness (QED) is 0.764. The van der Waals surface area contributed by atoms with E-state index < -0.39 is 11.9 Å². The summed E-state index contributed by atoms with van der Waals surface area (Å²) in [6, 6.07) is 4.06. The summed E-state index contributed by atoms with van der Waals surface area (Å²) in [7, 11) is 2.04. The Kier molecular flexibility index (Phi) is 3.62. The highest BCUT2D eigenvalue weighted by Crippen LogP contribution is 2.27. The van der Waals surface area contributed by atoms with E-state index in [0.717, 1.165) is 19.2 Å². The Hall–Kier alpha value is -1.81. The fourth-order valence-corrected chi connectivity index (χ4v) is 2.10. The first-order valence-corrected chi connectivity index (χ1v) is 6.01. The lowest BCUT2D eigenvalue weighted by molar-refractivity contribution is -0.880. The zero-order chi connectivity index (χ0) is 14.0. The second-order valence-corrected chi connectivity index (χ2v) is 4.69. The van der Waals surface area contributed by atoms with E-state index >= 15 is 0 Å². The van der Waals surface area contributed by atoms with Crippen molar-refractivity contribution in [2.45, 2.75) is 6.18 Å². The Balaban J connectivity index is 2.35. The fraction of sp³-hybridized carbons (Fsp3) is 0.500. The van der Waals surface area contributed by atoms with Gasteiger partial charge < -0.3 is 4.90 Å². The van der Waals surface area contributed by atoms with Gasteiger partial charge in [0.1, 0.15) is 37.8 Å². The molecule has 0 saturated carbocycles. The molecule has 1 aromatic heterocycles. The summed E-state index contributed by atoms with van der Waals surface area (Å²) in [6.45, 7) is 2.96. The van der Waals surface area contributed by atoms with Crippen LogP contribution in [0.4, 0.5) is 19.0 Å². The standard InChI is InChI=1S/C12H13F3N4/c1-18-4-6-19(7-5-18)11-9(8-16)2-3-10(17-11)12(13,14)15/h2-3H,4-7H2,1H3/p+2. The van der Waals surface area contributed by atoms with Crippen molar-refractivity contribution < 1.29 is 23.1 Å². The number of rotatable bonds is 1. The van der Waals surface area contributed by atoms with Gasteiger partial charge in [-0.05, 0) is 12.1 Å². The number of nitrogens with zero attached hydrogens (tertiary/aromatic N) is 2. The van der Waals surface area contributed by atoms with Gasteiger partial charge in [-0.3, -0.25) is 0 Å². The van der Waals surface area contributed by atoms with Crippen LogP contribution in [0.2, 0.25) is 0 Å². The summed E-state index contributed by atoms with van der Waals surface area (Å²) in [5, 5.41) is 9.01. The fourth-order valence-electron chi connectivity index (χ4n) is 2.10. The van der Waals surface area contributed by atoms with E-state index in [1.165, 1.54) is 11.0 Å². The lowest BCUT2D eigenvalue weighted by Crippen LogP contribution is -3.12. The van der Waals surface area contributed by atoms with Gasteiger partial charge in [0, 0.05) is 0 Å². The minimum Gasteiger partial charge on any atom is -0.331 e. The number of H-pyrrole nitrogens is 1. The van der Waals surface area contributed by atoms with Crippen molar-refractivity contribution in [1.29, 1.82) is 5.26 Å². The predicted octanol–water partition coefficient (Wildman–Crippen LogP) is -0.274. The van der Waals surface area contributed by atoms with Crippen molar-refractivity contribution >= 4 is 5.82 Å². The SMILES string of the molecule is C[NH+]1CCN(c2[nH+]c(C(F)(F)F)ccc2C#N)CC1. The maximum absolute atomic E-state index is 12.7. The molecule has 0 aliphatic carbocycles. The number of nitriles is 1. The van der Waals surface area contributed by atoms with Crippen LogP contribution in [0.3, 0.4) is 0 Å². The van der Waals surface area contributed by atoms with Crippen LogP contribution in [0.5, 0.6) is 0 Å². The van der Waals surface area contributed by atoms with Crippen LogP contribution in [-0.4, -0.2) is 33.2 Å². The normalized spacial score (nSPS) is 17.3. The monoisotopic (exact) mass is 272 g/mol. The van der Waals surface area contributed by atoms with E-state index in [2.05, 4.69) is 4.98 Å². The molecule has 2 rings (SSSR count). The lowest BCUT2D eigenvalue weighted by atomic mass is 10.2. The molecule has 19 heavy (non-hydrogen) atoms. The Morgan fingerprint density at radius 3 is 2.47 bits per heavy atom. The third-order valence-corrected chi connectivity index (χ3v) is 3.28. The highest BCUT2D eigenvalue weighted by atomic mass is 19.4. The van der Waals surface area contributed by atoms with Crippen LogP contribution in [-0.2, 0) is 6.18 Å². The van der Waals surface area contributed by atoms with Gasteiger partial charge in [-0.15, -0.1) is 0 Å². The second kappa shape index (κ2) is 5.05. The molecule has 1 aromatic rings. The van der Waals surface area contributed by atoms with Crippen LogP contribution in [0, 0.1) is 11.3 Å². The van der Waals surface area contributed by atoms with E-state index in [4.69, 9.17) is 5.26 Å². The first-order chi connectivity index (χ1) is 8.91. The van der Waals surface area contributed by atoms with Crippen molar-refractivity contribution in [2.75, 3.05) is 38.1 Å². The number of piperazine rings is 1. The zero-order valence-electron chi connectivity index (χ0n) is 10.5. The van der Waals surface area contributed by atoms with E-state index in [1.807, 2.05) is 13.1 Å². The van der Waals surface area contributed by atoms with E-state index in [1.54, 1.807) is 4.90 Å². The van der Waals surface area contributed by atoms with Crippen molar-refractivity contribution in [3.63, 3.8) is 0 Å². The summed E-state index contributed by atoms with van der Waals surface area (Å²) in [5.74, 6) is 0.268. The van der Waals surface area contributed by atoms with Gasteiger partial charge >= 0.3 is 6.18 Å². The number of alkyl halides is 3. The van der Waals surface area contributed by atoms with Gasteiger partial charge in [-0.25, -0.2) is 9.88 Å². The van der Waals surface area contributed by atoms with Crippen LogP contribution in [0.15, 0.2) is 12.1 Å². The molecular formula is C12H15F3N4+2. The molecule has 1 fully saturated rings. The van der Waals surface area contributed by atoms with Gasteiger partial charge in [-0.1, -0.05) is 0 Å². The van der Waals surface area contributed by atoms with Gasteiger partial charge in [0.05, 0.1) is 7.05 Å². The number of quaternary nitrogens is 1. The minimum atomic E-state index is -4.43. The van der Waals surface area contributed by atoms with Crippen molar-refractivity contribution in [1.82, 2.24) is 0 Å². The number of hydrogen-bond acceptors (Lipinski definition) is 2. The maximum Gasteiger partial charge on any atom is 0.453 e. The highest BCUT2D eigenvalue weighted by Gasteiger charge is 2.37. The maximum atomic E-state index is 12.7. The second-order valence-electron chi connectivity index (χ2n) is 4.69. The molecule has 2 N–H and O–H groups in total. The number of aromatic nitrogens is 1. The molecule has 7 heteroatoms. The largest absolute Gasteiger partial charge is 0.453 e. The molecule has 1 saturated heterocycles. The smallest absolute Gasteiger partial charge is 0.331 e. The number of pyridine rings is 1. The summed E-state index contributed by atoms with van der Waals surface area (Å²) in [5.41, 5.74) is -0.583. The number of aromatic amines is 1. The van der Waals surface area contributed by atoms with Crippen molar-refractivity contribution in [2.24, 2.45) is 0 Å². The minimum absolute atomic E-state index is 0.243. The third-order valence-electron chi connectivity index (χ3n) is 3.28. The summed E-state index contributed by atoms with van der Waals surface area (Å²) >= 11 is 0. The van der Waals surface area contributed by atoms with Crippen LogP contribution >= 0.6 is 0 Å². The van der Waals surface area contributed by atoms with Gasteiger partial charge in [-0.2, -0.15) is 18.4 Å². The Bertz CT molecular complexity index is 499. The third kappa shape index (κ3) is 2.96. The molecule has 0 radical (unpaired) electrons. The first-order valence-electron chi connectivity index (χ1n) is 6.01. The van der Waals surface area contributed by atoms with Crippen LogP contribution in [0.25, 0.3) is 0 Å². The van der Waals surface area contributed by atoms with E-state index in [-0.39, 0.29) is 11.4 Å². The number of likely N-dealkylation sites (N-methyl/N-ethyl adjacent to an activating group) is 1. The summed E-state index contributed by atoms with van der Waals surface area (Å²) in [6.07, 6.45) is -4.43. The number of halogens is 3. The predicted molar refractivity (Wildman–Crippen MR) is 61.5 cm³/mol. The molecule has 4 nitrogen and oxygen atoms in total. The van der Waals surface area contributed by atoms with Gasteiger partial charge in [0.25, 0.3) is 5.82 Å². The Labute approximate surface area is 109 Å². The van der Waals surface area contributed by atoms with E-state index in [9.17, 15) is 13.2 Å². The molecule has 0 spiro atoms. The molecule has 0 unspecified atom stereocenters.